The first kappa shape index (κ1) is 13.9. The summed E-state index contributed by atoms with van der Waals surface area (Å²) in [5.41, 5.74) is 6.29. The van der Waals surface area contributed by atoms with Crippen molar-refractivity contribution >= 4 is 18.0 Å². The van der Waals surface area contributed by atoms with Gasteiger partial charge in [0.25, 0.3) is 0 Å². The van der Waals surface area contributed by atoms with Gasteiger partial charge in [-0.2, -0.15) is 0 Å². The second-order valence-electron chi connectivity index (χ2n) is 3.50. The van der Waals surface area contributed by atoms with Gasteiger partial charge in [-0.1, -0.05) is 30.3 Å². The molecule has 2 N–H and O–H groups in total. The molecule has 0 heterocycles. The van der Waals surface area contributed by atoms with Crippen LogP contribution in [0, 0.1) is 0 Å². The van der Waals surface area contributed by atoms with Crippen molar-refractivity contribution in [3.05, 3.63) is 42.0 Å². The number of carbonyl (C=O) groups excluding carboxylic acids is 2. The molecule has 0 aliphatic rings. The summed E-state index contributed by atoms with van der Waals surface area (Å²) in [6.45, 7) is -0.204. The summed E-state index contributed by atoms with van der Waals surface area (Å²) < 4.78 is 9.20. The second-order valence-corrected chi connectivity index (χ2v) is 3.50. The molecule has 0 spiro atoms. The number of rotatable bonds is 5. The summed E-state index contributed by atoms with van der Waals surface area (Å²) in [5.74, 6) is -1.17. The lowest BCUT2D eigenvalue weighted by atomic mass is 10.2. The van der Waals surface area contributed by atoms with Gasteiger partial charge in [0.15, 0.2) is 0 Å². The van der Waals surface area contributed by atoms with Gasteiger partial charge in [-0.3, -0.25) is 4.79 Å². The van der Waals surface area contributed by atoms with Crippen molar-refractivity contribution in [3.8, 4) is 0 Å². The molecule has 1 aromatic carbocycles. The smallest absolute Gasteiger partial charge is 0.330 e. The number of benzene rings is 1. The van der Waals surface area contributed by atoms with E-state index in [0.717, 1.165) is 5.56 Å². The second kappa shape index (κ2) is 7.24. The molecule has 0 amide bonds. The highest BCUT2D eigenvalue weighted by Gasteiger charge is 2.14. The molecule has 0 bridgehead atoms. The Kier molecular flexibility index (Phi) is 5.60. The third-order valence-electron chi connectivity index (χ3n) is 2.12. The van der Waals surface area contributed by atoms with Crippen LogP contribution < -0.4 is 5.73 Å². The van der Waals surface area contributed by atoms with Crippen molar-refractivity contribution in [2.75, 3.05) is 13.7 Å². The Labute approximate surface area is 105 Å². The van der Waals surface area contributed by atoms with Crippen LogP contribution in [0.2, 0.25) is 0 Å². The van der Waals surface area contributed by atoms with E-state index in [1.54, 1.807) is 6.08 Å². The molecule has 0 aliphatic heterocycles. The Balaban J connectivity index is 2.38. The van der Waals surface area contributed by atoms with Crippen LogP contribution >= 0.6 is 0 Å². The molecule has 1 rings (SSSR count). The maximum atomic E-state index is 11.3. The van der Waals surface area contributed by atoms with Crippen LogP contribution in [0.4, 0.5) is 0 Å². The molecule has 1 aromatic rings. The van der Waals surface area contributed by atoms with E-state index < -0.39 is 18.0 Å². The molecule has 5 nitrogen and oxygen atoms in total. The number of hydrogen-bond donors (Lipinski definition) is 1. The first-order valence-electron chi connectivity index (χ1n) is 5.37. The Morgan fingerprint density at radius 2 is 2.00 bits per heavy atom. The molecule has 1 atom stereocenters. The van der Waals surface area contributed by atoms with Crippen LogP contribution in [0.15, 0.2) is 36.4 Å². The number of hydrogen-bond acceptors (Lipinski definition) is 5. The summed E-state index contributed by atoms with van der Waals surface area (Å²) >= 11 is 0. The molecule has 0 saturated heterocycles. The van der Waals surface area contributed by atoms with Crippen molar-refractivity contribution in [2.24, 2.45) is 5.73 Å². The first-order valence-corrected chi connectivity index (χ1v) is 5.37. The third-order valence-corrected chi connectivity index (χ3v) is 2.12. The summed E-state index contributed by atoms with van der Waals surface area (Å²) in [6.07, 6.45) is 2.89. The Morgan fingerprint density at radius 3 is 2.61 bits per heavy atom. The topological polar surface area (TPSA) is 78.6 Å². The highest BCUT2D eigenvalue weighted by molar-refractivity contribution is 5.87. The predicted octanol–water partition coefficient (Wildman–Crippen LogP) is 0.743. The van der Waals surface area contributed by atoms with E-state index in [1.807, 2.05) is 30.3 Å². The van der Waals surface area contributed by atoms with E-state index in [-0.39, 0.29) is 6.61 Å². The quantitative estimate of drug-likeness (QED) is 0.615. The maximum Gasteiger partial charge on any atom is 0.330 e. The molecule has 0 aromatic heterocycles. The minimum absolute atomic E-state index is 0.204. The van der Waals surface area contributed by atoms with E-state index in [2.05, 4.69) is 4.74 Å². The van der Waals surface area contributed by atoms with E-state index in [0.29, 0.717) is 0 Å². The van der Waals surface area contributed by atoms with E-state index in [1.165, 1.54) is 13.2 Å². The van der Waals surface area contributed by atoms with Gasteiger partial charge in [0, 0.05) is 6.08 Å². The molecule has 96 valence electrons. The van der Waals surface area contributed by atoms with Gasteiger partial charge in [0.1, 0.15) is 12.6 Å². The maximum absolute atomic E-state index is 11.3. The number of carbonyl (C=O) groups is 2. The SMILES string of the molecule is COC(=O)C(N)COC(=O)C=Cc1ccccc1. The summed E-state index contributed by atoms with van der Waals surface area (Å²) in [5, 5.41) is 0. The number of nitrogens with two attached hydrogens (primary N) is 1. The van der Waals surface area contributed by atoms with Crippen molar-refractivity contribution in [1.29, 1.82) is 0 Å². The molecule has 0 fully saturated rings. The molecular weight excluding hydrogens is 234 g/mol. The van der Waals surface area contributed by atoms with Crippen LogP contribution in [0.1, 0.15) is 5.56 Å². The lowest BCUT2D eigenvalue weighted by molar-refractivity contribution is -0.146. The van der Waals surface area contributed by atoms with Gasteiger partial charge >= 0.3 is 11.9 Å². The summed E-state index contributed by atoms with van der Waals surface area (Å²) in [4.78, 5) is 22.3. The minimum atomic E-state index is -0.955. The van der Waals surface area contributed by atoms with E-state index in [4.69, 9.17) is 10.5 Å². The Hall–Kier alpha value is -2.14. The Morgan fingerprint density at radius 1 is 1.33 bits per heavy atom. The van der Waals surface area contributed by atoms with Crippen molar-refractivity contribution < 1.29 is 19.1 Å². The predicted molar refractivity (Wildman–Crippen MR) is 66.4 cm³/mol. The van der Waals surface area contributed by atoms with Gasteiger partial charge in [-0.05, 0) is 11.6 Å². The van der Waals surface area contributed by atoms with Gasteiger partial charge < -0.3 is 15.2 Å². The molecule has 18 heavy (non-hydrogen) atoms. The molecular formula is C13H15NO4. The fourth-order valence-corrected chi connectivity index (χ4v) is 1.17. The van der Waals surface area contributed by atoms with Gasteiger partial charge in [-0.25, -0.2) is 4.79 Å². The third kappa shape index (κ3) is 4.80. The van der Waals surface area contributed by atoms with Gasteiger partial charge in [0.05, 0.1) is 7.11 Å². The molecule has 0 saturated carbocycles. The normalized spacial score (nSPS) is 12.1. The van der Waals surface area contributed by atoms with Crippen molar-refractivity contribution in [3.63, 3.8) is 0 Å². The molecule has 0 radical (unpaired) electrons. The van der Waals surface area contributed by atoms with Gasteiger partial charge in [-0.15, -0.1) is 0 Å². The zero-order valence-corrected chi connectivity index (χ0v) is 10.0. The van der Waals surface area contributed by atoms with Crippen molar-refractivity contribution in [1.82, 2.24) is 0 Å². The number of esters is 2. The average Bonchev–Trinajstić information content (AvgIpc) is 2.42. The van der Waals surface area contributed by atoms with Gasteiger partial charge in [0.2, 0.25) is 0 Å². The van der Waals surface area contributed by atoms with Crippen LogP contribution in [-0.4, -0.2) is 31.7 Å². The number of ether oxygens (including phenoxy) is 2. The summed E-state index contributed by atoms with van der Waals surface area (Å²) in [7, 11) is 1.22. The van der Waals surface area contributed by atoms with Crippen LogP contribution in [-0.2, 0) is 19.1 Å². The average molecular weight is 249 g/mol. The van der Waals surface area contributed by atoms with Crippen molar-refractivity contribution in [2.45, 2.75) is 6.04 Å². The zero-order valence-electron chi connectivity index (χ0n) is 10.0. The van der Waals surface area contributed by atoms with E-state index in [9.17, 15) is 9.59 Å². The lowest BCUT2D eigenvalue weighted by Gasteiger charge is -2.08. The van der Waals surface area contributed by atoms with Crippen LogP contribution in [0.3, 0.4) is 0 Å². The fourth-order valence-electron chi connectivity index (χ4n) is 1.17. The Bertz CT molecular complexity index is 428. The largest absolute Gasteiger partial charge is 0.468 e. The fraction of sp³-hybridized carbons (Fsp3) is 0.231. The highest BCUT2D eigenvalue weighted by atomic mass is 16.5. The standard InChI is InChI=1S/C13H15NO4/c1-17-13(16)11(14)9-18-12(15)8-7-10-5-3-2-4-6-10/h2-8,11H,9,14H2,1H3. The van der Waals surface area contributed by atoms with E-state index >= 15 is 0 Å². The molecule has 1 unspecified atom stereocenters. The first-order chi connectivity index (χ1) is 8.63. The van der Waals surface area contributed by atoms with Crippen LogP contribution in [0.5, 0.6) is 0 Å². The summed E-state index contributed by atoms with van der Waals surface area (Å²) in [6, 6.07) is 8.35. The zero-order chi connectivity index (χ0) is 13.4. The monoisotopic (exact) mass is 249 g/mol. The number of methoxy groups -OCH3 is 1. The van der Waals surface area contributed by atoms with Crippen LogP contribution in [0.25, 0.3) is 6.08 Å². The highest BCUT2D eigenvalue weighted by Crippen LogP contribution is 2.01. The minimum Gasteiger partial charge on any atom is -0.468 e. The molecule has 0 aliphatic carbocycles. The molecule has 5 heteroatoms. The lowest BCUT2D eigenvalue weighted by Crippen LogP contribution is -2.36.